The lowest BCUT2D eigenvalue weighted by atomic mass is 10.1. The Balaban J connectivity index is 2.16. The molecule has 1 N–H and O–H groups in total. The second kappa shape index (κ2) is 11.2. The van der Waals surface area contributed by atoms with Crippen LogP contribution >= 0.6 is 23.2 Å². The van der Waals surface area contributed by atoms with E-state index in [0.29, 0.717) is 22.3 Å². The van der Waals surface area contributed by atoms with Gasteiger partial charge in [0, 0.05) is 17.6 Å². The molecule has 0 aliphatic rings. The van der Waals surface area contributed by atoms with Crippen LogP contribution in [0.3, 0.4) is 0 Å². The predicted octanol–water partition coefficient (Wildman–Crippen LogP) is 5.01. The van der Waals surface area contributed by atoms with Gasteiger partial charge in [-0.15, -0.1) is 0 Å². The summed E-state index contributed by atoms with van der Waals surface area (Å²) in [6.07, 6.45) is 0.808. The Morgan fingerprint density at radius 2 is 1.77 bits per heavy atom. The summed E-state index contributed by atoms with van der Waals surface area (Å²) < 4.78 is 5.61. The van der Waals surface area contributed by atoms with Crippen LogP contribution < -0.4 is 10.1 Å². The summed E-state index contributed by atoms with van der Waals surface area (Å²) >= 11 is 12.0. The molecule has 0 aromatic heterocycles. The molecule has 0 radical (unpaired) electrons. The molecule has 2 aromatic rings. The topological polar surface area (TPSA) is 58.6 Å². The molecule has 2 amide bonds. The van der Waals surface area contributed by atoms with Crippen LogP contribution in [0.5, 0.6) is 5.75 Å². The van der Waals surface area contributed by atoms with Crippen LogP contribution in [0.15, 0.2) is 42.5 Å². The fourth-order valence-electron chi connectivity index (χ4n) is 2.75. The van der Waals surface area contributed by atoms with E-state index in [9.17, 15) is 9.59 Å². The number of hydrogen-bond donors (Lipinski definition) is 1. The van der Waals surface area contributed by atoms with E-state index < -0.39 is 6.04 Å². The van der Waals surface area contributed by atoms with Crippen molar-refractivity contribution in [2.45, 2.75) is 52.7 Å². The first kappa shape index (κ1) is 24.0. The molecule has 0 bridgehead atoms. The summed E-state index contributed by atoms with van der Waals surface area (Å²) in [4.78, 5) is 27.2. The van der Waals surface area contributed by atoms with Crippen LogP contribution in [0, 0.1) is 6.92 Å². The van der Waals surface area contributed by atoms with Gasteiger partial charge in [0.05, 0.1) is 5.02 Å². The molecule has 0 saturated carbocycles. The Hall–Kier alpha value is -2.24. The zero-order chi connectivity index (χ0) is 22.3. The zero-order valence-corrected chi connectivity index (χ0v) is 19.3. The van der Waals surface area contributed by atoms with E-state index in [1.54, 1.807) is 25.1 Å². The smallest absolute Gasteiger partial charge is 0.261 e. The van der Waals surface area contributed by atoms with Gasteiger partial charge in [-0.25, -0.2) is 0 Å². The maximum Gasteiger partial charge on any atom is 0.261 e. The fraction of sp³-hybridized carbons (Fsp3) is 0.391. The van der Waals surface area contributed by atoms with Crippen molar-refractivity contribution >= 4 is 35.0 Å². The van der Waals surface area contributed by atoms with Crippen LogP contribution in [0.25, 0.3) is 0 Å². The van der Waals surface area contributed by atoms with Crippen LogP contribution in [0.4, 0.5) is 0 Å². The fourth-order valence-corrected chi connectivity index (χ4v) is 3.22. The third-order valence-electron chi connectivity index (χ3n) is 4.89. The molecule has 2 rings (SSSR count). The lowest BCUT2D eigenvalue weighted by Gasteiger charge is -2.29. The van der Waals surface area contributed by atoms with Gasteiger partial charge in [0.25, 0.3) is 5.91 Å². The number of aryl methyl sites for hydroxylation is 1. The Morgan fingerprint density at radius 3 is 2.37 bits per heavy atom. The first-order valence-corrected chi connectivity index (χ1v) is 10.7. The second-order valence-corrected chi connectivity index (χ2v) is 8.21. The molecule has 0 heterocycles. The molecular weight excluding hydrogens is 423 g/mol. The molecule has 0 aliphatic heterocycles. The summed E-state index contributed by atoms with van der Waals surface area (Å²) in [7, 11) is 0. The van der Waals surface area contributed by atoms with E-state index in [2.05, 4.69) is 5.32 Å². The van der Waals surface area contributed by atoms with Gasteiger partial charge in [0.15, 0.2) is 6.61 Å². The van der Waals surface area contributed by atoms with Gasteiger partial charge in [0.2, 0.25) is 5.91 Å². The Morgan fingerprint density at radius 1 is 1.10 bits per heavy atom. The first-order chi connectivity index (χ1) is 14.2. The minimum absolute atomic E-state index is 0.0281. The summed E-state index contributed by atoms with van der Waals surface area (Å²) in [5, 5.41) is 3.74. The van der Waals surface area contributed by atoms with Crippen molar-refractivity contribution in [2.75, 3.05) is 6.61 Å². The van der Waals surface area contributed by atoms with E-state index in [-0.39, 0.29) is 24.5 Å². The van der Waals surface area contributed by atoms with Gasteiger partial charge in [-0.05, 0) is 51.0 Å². The van der Waals surface area contributed by atoms with Gasteiger partial charge >= 0.3 is 0 Å². The number of carbonyl (C=O) groups excluding carboxylic acids is 2. The minimum atomic E-state index is -0.655. The summed E-state index contributed by atoms with van der Waals surface area (Å²) in [5.74, 6) is -0.149. The number of ether oxygens (including phenoxy) is 1. The van der Waals surface area contributed by atoms with Crippen LogP contribution in [0.2, 0.25) is 10.0 Å². The van der Waals surface area contributed by atoms with E-state index in [1.165, 1.54) is 4.90 Å². The van der Waals surface area contributed by atoms with E-state index in [4.69, 9.17) is 27.9 Å². The number of halogens is 2. The normalized spacial score (nSPS) is 12.7. The highest BCUT2D eigenvalue weighted by Crippen LogP contribution is 2.27. The molecule has 162 valence electrons. The predicted molar refractivity (Wildman–Crippen MR) is 121 cm³/mol. The van der Waals surface area contributed by atoms with Gasteiger partial charge in [-0.3, -0.25) is 9.59 Å². The number of carbonyl (C=O) groups is 2. The van der Waals surface area contributed by atoms with E-state index >= 15 is 0 Å². The van der Waals surface area contributed by atoms with Gasteiger partial charge in [0.1, 0.15) is 11.8 Å². The molecule has 5 nitrogen and oxygen atoms in total. The molecular formula is C23H28Cl2N2O3. The SMILES string of the molecule is CCC(C)NC(=O)C(C)N(Cc1ccc(C)cc1)C(=O)COc1ccc(Cl)cc1Cl. The van der Waals surface area contributed by atoms with Crippen LogP contribution in [-0.2, 0) is 16.1 Å². The maximum absolute atomic E-state index is 13.0. The maximum atomic E-state index is 13.0. The van der Waals surface area contributed by atoms with Crippen molar-refractivity contribution in [1.82, 2.24) is 10.2 Å². The molecule has 2 aromatic carbocycles. The van der Waals surface area contributed by atoms with Gasteiger partial charge in [-0.1, -0.05) is 60.0 Å². The summed E-state index contributed by atoms with van der Waals surface area (Å²) in [6.45, 7) is 7.70. The Labute approximate surface area is 188 Å². The van der Waals surface area contributed by atoms with Gasteiger partial charge in [-0.2, -0.15) is 0 Å². The highest BCUT2D eigenvalue weighted by molar-refractivity contribution is 6.35. The third-order valence-corrected chi connectivity index (χ3v) is 5.42. The second-order valence-electron chi connectivity index (χ2n) is 7.36. The lowest BCUT2D eigenvalue weighted by Crippen LogP contribution is -2.50. The molecule has 0 spiro atoms. The zero-order valence-electron chi connectivity index (χ0n) is 17.7. The van der Waals surface area contributed by atoms with Crippen molar-refractivity contribution in [3.8, 4) is 5.75 Å². The van der Waals surface area contributed by atoms with Crippen LogP contribution in [0.1, 0.15) is 38.3 Å². The molecule has 7 heteroatoms. The molecule has 0 aliphatic carbocycles. The molecule has 0 saturated heterocycles. The van der Waals surface area contributed by atoms with Crippen molar-refractivity contribution < 1.29 is 14.3 Å². The van der Waals surface area contributed by atoms with Gasteiger partial charge < -0.3 is 15.0 Å². The minimum Gasteiger partial charge on any atom is -0.482 e. The molecule has 0 fully saturated rings. The van der Waals surface area contributed by atoms with Crippen molar-refractivity contribution in [3.05, 3.63) is 63.6 Å². The molecule has 2 unspecified atom stereocenters. The molecule has 2 atom stereocenters. The number of rotatable bonds is 9. The van der Waals surface area contributed by atoms with E-state index in [1.807, 2.05) is 45.0 Å². The number of nitrogens with zero attached hydrogens (tertiary/aromatic N) is 1. The molecule has 30 heavy (non-hydrogen) atoms. The lowest BCUT2D eigenvalue weighted by molar-refractivity contribution is -0.142. The van der Waals surface area contributed by atoms with Crippen LogP contribution in [-0.4, -0.2) is 35.4 Å². The number of benzene rings is 2. The Bertz CT molecular complexity index is 871. The average Bonchev–Trinajstić information content (AvgIpc) is 2.71. The quantitative estimate of drug-likeness (QED) is 0.583. The summed E-state index contributed by atoms with van der Waals surface area (Å²) in [6, 6.07) is 12.0. The number of hydrogen-bond acceptors (Lipinski definition) is 3. The first-order valence-electron chi connectivity index (χ1n) is 9.94. The average molecular weight is 451 g/mol. The van der Waals surface area contributed by atoms with Crippen molar-refractivity contribution in [2.24, 2.45) is 0 Å². The van der Waals surface area contributed by atoms with Crippen molar-refractivity contribution in [1.29, 1.82) is 0 Å². The summed E-state index contributed by atoms with van der Waals surface area (Å²) in [5.41, 5.74) is 2.06. The largest absolute Gasteiger partial charge is 0.482 e. The Kier molecular flexibility index (Phi) is 9.00. The number of amides is 2. The monoisotopic (exact) mass is 450 g/mol. The standard InChI is InChI=1S/C23H28Cl2N2O3/c1-5-16(3)26-23(29)17(4)27(13-18-8-6-15(2)7-9-18)22(28)14-30-21-11-10-19(24)12-20(21)25/h6-12,16-17H,5,13-14H2,1-4H3,(H,26,29). The number of nitrogens with one attached hydrogen (secondary N) is 1. The van der Waals surface area contributed by atoms with E-state index in [0.717, 1.165) is 17.5 Å². The third kappa shape index (κ3) is 6.92. The highest BCUT2D eigenvalue weighted by Gasteiger charge is 2.27. The highest BCUT2D eigenvalue weighted by atomic mass is 35.5. The van der Waals surface area contributed by atoms with Crippen molar-refractivity contribution in [3.63, 3.8) is 0 Å².